The van der Waals surface area contributed by atoms with Crippen LogP contribution in [0.25, 0.3) is 0 Å². The predicted octanol–water partition coefficient (Wildman–Crippen LogP) is 1.05. The summed E-state index contributed by atoms with van der Waals surface area (Å²) in [6, 6.07) is 3.52. The predicted molar refractivity (Wildman–Crippen MR) is 66.0 cm³/mol. The normalized spacial score (nSPS) is 11.1. The van der Waals surface area contributed by atoms with E-state index in [0.717, 1.165) is 13.0 Å². The van der Waals surface area contributed by atoms with E-state index in [9.17, 15) is 0 Å². The summed E-state index contributed by atoms with van der Waals surface area (Å²) in [5.41, 5.74) is 2.47. The Balaban J connectivity index is 2.32. The van der Waals surface area contributed by atoms with Crippen molar-refractivity contribution in [1.82, 2.24) is 15.4 Å². The van der Waals surface area contributed by atoms with E-state index in [1.807, 2.05) is 19.6 Å². The van der Waals surface area contributed by atoms with E-state index < -0.39 is 0 Å². The van der Waals surface area contributed by atoms with E-state index >= 15 is 0 Å². The van der Waals surface area contributed by atoms with Crippen LogP contribution in [0.4, 0.5) is 5.69 Å². The smallest absolute Gasteiger partial charge is 0.213 e. The highest BCUT2D eigenvalue weighted by Gasteiger charge is 1.96. The standard InChI is InChI=1S/C11H18N4O2/c1-15(2)6-3-7-17-11-5-4-10(8-12-11)13-9-14-16/h4-5,8-9,16H,3,6-7H2,1-2H3,(H,13,14). The maximum atomic E-state index is 8.32. The number of rotatable bonds is 7. The van der Waals surface area contributed by atoms with Crippen molar-refractivity contribution >= 4 is 12.0 Å². The van der Waals surface area contributed by atoms with Gasteiger partial charge in [0.05, 0.1) is 18.5 Å². The molecule has 1 heterocycles. The molecule has 0 radical (unpaired) electrons. The number of nitrogens with one attached hydrogen (secondary N) is 1. The molecule has 0 saturated heterocycles. The number of hydrogen-bond acceptors (Lipinski definition) is 5. The van der Waals surface area contributed by atoms with Crippen molar-refractivity contribution in [3.8, 4) is 5.88 Å². The molecule has 0 aliphatic rings. The molecule has 0 aromatic carbocycles. The molecular formula is C11H18N4O2. The third-order valence-corrected chi connectivity index (χ3v) is 1.99. The lowest BCUT2D eigenvalue weighted by atomic mass is 10.4. The van der Waals surface area contributed by atoms with Crippen molar-refractivity contribution in [2.75, 3.05) is 27.2 Å². The number of nitrogens with zero attached hydrogens (tertiary/aromatic N) is 3. The van der Waals surface area contributed by atoms with Gasteiger partial charge < -0.3 is 9.64 Å². The Labute approximate surface area is 101 Å². The van der Waals surface area contributed by atoms with Crippen LogP contribution < -0.4 is 10.2 Å². The van der Waals surface area contributed by atoms with Crippen molar-refractivity contribution in [1.29, 1.82) is 0 Å². The van der Waals surface area contributed by atoms with Gasteiger partial charge in [0.25, 0.3) is 0 Å². The van der Waals surface area contributed by atoms with Gasteiger partial charge in [-0.25, -0.2) is 9.98 Å². The van der Waals surface area contributed by atoms with Gasteiger partial charge in [-0.3, -0.25) is 10.7 Å². The molecule has 6 nitrogen and oxygen atoms in total. The van der Waals surface area contributed by atoms with E-state index in [0.29, 0.717) is 18.2 Å². The Kier molecular flexibility index (Phi) is 5.98. The molecule has 1 rings (SSSR count). The van der Waals surface area contributed by atoms with Gasteiger partial charge in [-0.2, -0.15) is 0 Å². The highest BCUT2D eigenvalue weighted by Crippen LogP contribution is 2.13. The van der Waals surface area contributed by atoms with Gasteiger partial charge in [0.2, 0.25) is 5.88 Å². The van der Waals surface area contributed by atoms with Crippen molar-refractivity contribution in [2.45, 2.75) is 6.42 Å². The Hall–Kier alpha value is -1.66. The summed E-state index contributed by atoms with van der Waals surface area (Å²) < 4.78 is 5.46. The first kappa shape index (κ1) is 13.4. The molecule has 0 fully saturated rings. The number of pyridine rings is 1. The lowest BCUT2D eigenvalue weighted by Crippen LogP contribution is -2.15. The number of ether oxygens (including phenoxy) is 1. The number of aromatic nitrogens is 1. The van der Waals surface area contributed by atoms with Gasteiger partial charge in [-0.1, -0.05) is 0 Å². The van der Waals surface area contributed by atoms with Crippen LogP contribution in [0.3, 0.4) is 0 Å². The molecule has 6 heteroatoms. The van der Waals surface area contributed by atoms with Crippen LogP contribution in [-0.2, 0) is 0 Å². The fourth-order valence-corrected chi connectivity index (χ4v) is 1.20. The Morgan fingerprint density at radius 1 is 1.53 bits per heavy atom. The molecule has 94 valence electrons. The number of hydrogen-bond donors (Lipinski definition) is 2. The quantitative estimate of drug-likeness (QED) is 0.321. The van der Waals surface area contributed by atoms with Gasteiger partial charge in [0.15, 0.2) is 0 Å². The largest absolute Gasteiger partial charge is 0.478 e. The Morgan fingerprint density at radius 2 is 2.35 bits per heavy atom. The fraction of sp³-hybridized carbons (Fsp3) is 0.455. The average Bonchev–Trinajstić information content (AvgIpc) is 2.33. The van der Waals surface area contributed by atoms with Crippen LogP contribution >= 0.6 is 0 Å². The van der Waals surface area contributed by atoms with Crippen molar-refractivity contribution in [2.24, 2.45) is 4.99 Å². The molecule has 2 N–H and O–H groups in total. The van der Waals surface area contributed by atoms with Gasteiger partial charge in [0, 0.05) is 12.6 Å². The van der Waals surface area contributed by atoms with Crippen molar-refractivity contribution < 1.29 is 9.94 Å². The maximum absolute atomic E-state index is 8.32. The molecule has 0 aliphatic heterocycles. The van der Waals surface area contributed by atoms with E-state index in [1.54, 1.807) is 18.3 Å². The van der Waals surface area contributed by atoms with Crippen LogP contribution in [0, 0.1) is 0 Å². The van der Waals surface area contributed by atoms with E-state index in [-0.39, 0.29) is 0 Å². The summed E-state index contributed by atoms with van der Waals surface area (Å²) >= 11 is 0. The Bertz CT molecular complexity index is 338. The monoisotopic (exact) mass is 238 g/mol. The van der Waals surface area contributed by atoms with Crippen LogP contribution in [0.5, 0.6) is 5.88 Å². The third-order valence-electron chi connectivity index (χ3n) is 1.99. The molecule has 0 atom stereocenters. The molecule has 0 unspecified atom stereocenters. The summed E-state index contributed by atoms with van der Waals surface area (Å²) in [6.07, 6.45) is 3.72. The van der Waals surface area contributed by atoms with E-state index in [1.165, 1.54) is 6.34 Å². The molecule has 0 spiro atoms. The van der Waals surface area contributed by atoms with Gasteiger partial charge in [0.1, 0.15) is 6.34 Å². The maximum Gasteiger partial charge on any atom is 0.213 e. The van der Waals surface area contributed by atoms with Crippen LogP contribution in [-0.4, -0.2) is 48.7 Å². The molecular weight excluding hydrogens is 220 g/mol. The molecule has 17 heavy (non-hydrogen) atoms. The molecule has 0 bridgehead atoms. The van der Waals surface area contributed by atoms with Gasteiger partial charge in [-0.05, 0) is 26.6 Å². The first-order valence-corrected chi connectivity index (χ1v) is 5.38. The number of aliphatic imine (C=N–C) groups is 1. The summed E-state index contributed by atoms with van der Waals surface area (Å²) in [6.45, 7) is 1.64. The minimum Gasteiger partial charge on any atom is -0.478 e. The molecule has 1 aromatic heterocycles. The minimum absolute atomic E-state index is 0.583. The van der Waals surface area contributed by atoms with E-state index in [4.69, 9.17) is 9.94 Å². The average molecular weight is 238 g/mol. The molecule has 1 aromatic rings. The highest BCUT2D eigenvalue weighted by molar-refractivity contribution is 5.59. The van der Waals surface area contributed by atoms with Crippen LogP contribution in [0.1, 0.15) is 6.42 Å². The SMILES string of the molecule is CN(C)CCCOc1ccc(N=CNO)cn1. The topological polar surface area (TPSA) is 70.0 Å². The van der Waals surface area contributed by atoms with Crippen molar-refractivity contribution in [3.05, 3.63) is 18.3 Å². The first-order chi connectivity index (χ1) is 8.22. The van der Waals surface area contributed by atoms with Gasteiger partial charge >= 0.3 is 0 Å². The van der Waals surface area contributed by atoms with Gasteiger partial charge in [-0.15, -0.1) is 0 Å². The summed E-state index contributed by atoms with van der Waals surface area (Å²) in [7, 11) is 4.06. The highest BCUT2D eigenvalue weighted by atomic mass is 16.5. The first-order valence-electron chi connectivity index (χ1n) is 5.38. The van der Waals surface area contributed by atoms with Crippen LogP contribution in [0.15, 0.2) is 23.3 Å². The zero-order chi connectivity index (χ0) is 12.5. The molecule has 0 aliphatic carbocycles. The second-order valence-corrected chi connectivity index (χ2v) is 3.75. The lowest BCUT2D eigenvalue weighted by molar-refractivity contribution is 0.240. The van der Waals surface area contributed by atoms with Crippen molar-refractivity contribution in [3.63, 3.8) is 0 Å². The van der Waals surface area contributed by atoms with Crippen LogP contribution in [0.2, 0.25) is 0 Å². The molecule has 0 amide bonds. The molecule has 0 saturated carbocycles. The van der Waals surface area contributed by atoms with E-state index in [2.05, 4.69) is 14.9 Å². The second kappa shape index (κ2) is 7.59. The summed E-state index contributed by atoms with van der Waals surface area (Å²) in [5.74, 6) is 0.583. The Morgan fingerprint density at radius 3 is 2.94 bits per heavy atom. The third kappa shape index (κ3) is 5.84. The minimum atomic E-state index is 0.583. The summed E-state index contributed by atoms with van der Waals surface area (Å²) in [4.78, 5) is 10.1. The lowest BCUT2D eigenvalue weighted by Gasteiger charge is -2.09. The fourth-order valence-electron chi connectivity index (χ4n) is 1.20. The zero-order valence-corrected chi connectivity index (χ0v) is 10.1. The zero-order valence-electron chi connectivity index (χ0n) is 10.1. The number of hydroxylamine groups is 1. The second-order valence-electron chi connectivity index (χ2n) is 3.75. The summed E-state index contributed by atoms with van der Waals surface area (Å²) in [5, 5.41) is 8.32.